The van der Waals surface area contributed by atoms with Crippen LogP contribution in [0.1, 0.15) is 41.6 Å². The lowest BCUT2D eigenvalue weighted by atomic mass is 9.91. The molecule has 1 aromatic heterocycles. The van der Waals surface area contributed by atoms with Crippen LogP contribution in [-0.2, 0) is 27.4 Å². The summed E-state index contributed by atoms with van der Waals surface area (Å²) in [5.41, 5.74) is 5.60. The Morgan fingerprint density at radius 3 is 2.40 bits per heavy atom. The van der Waals surface area contributed by atoms with Crippen LogP contribution in [0, 0.1) is 5.92 Å². The van der Waals surface area contributed by atoms with Gasteiger partial charge in [-0.15, -0.1) is 0 Å². The minimum atomic E-state index is -2.01. The van der Waals surface area contributed by atoms with Crippen LogP contribution >= 0.6 is 46.6 Å². The highest BCUT2D eigenvalue weighted by Crippen LogP contribution is 2.43. The molecule has 3 aromatic carbocycles. The molecule has 0 saturated carbocycles. The third-order valence-electron chi connectivity index (χ3n) is 7.05. The van der Waals surface area contributed by atoms with Crippen LogP contribution in [0.2, 0.25) is 0 Å². The van der Waals surface area contributed by atoms with E-state index in [1.165, 1.54) is 6.33 Å². The van der Waals surface area contributed by atoms with Gasteiger partial charge in [0.1, 0.15) is 6.33 Å². The fraction of sp³-hybridized carbons (Fsp3) is 0.300. The summed E-state index contributed by atoms with van der Waals surface area (Å²) in [4.78, 5) is 16.1. The molecular formula is C30H29Cl3N4O4S. The van der Waals surface area contributed by atoms with Crippen molar-refractivity contribution in [3.8, 4) is 11.1 Å². The SMILES string of the molecule is CC1C(CSc2ncn[nH]2)OC(c2ccc(-c3cccc(CNC(=O)C(Cl)(Cl)Cl)c3)cc2)OC1c1ccc(CO)cc1. The molecule has 8 nitrogen and oxygen atoms in total. The van der Waals surface area contributed by atoms with E-state index in [4.69, 9.17) is 44.3 Å². The second kappa shape index (κ2) is 13.8. The molecule has 0 bridgehead atoms. The molecule has 1 aliphatic rings. The van der Waals surface area contributed by atoms with E-state index in [-0.39, 0.29) is 31.3 Å². The first-order valence-corrected chi connectivity index (χ1v) is 15.4. The normalized spacial score (nSPS) is 20.8. The lowest BCUT2D eigenvalue weighted by molar-refractivity contribution is -0.268. The predicted molar refractivity (Wildman–Crippen MR) is 164 cm³/mol. The number of aromatic amines is 1. The highest BCUT2D eigenvalue weighted by Gasteiger charge is 2.38. The zero-order valence-electron chi connectivity index (χ0n) is 22.5. The van der Waals surface area contributed by atoms with Crippen molar-refractivity contribution in [1.29, 1.82) is 0 Å². The van der Waals surface area contributed by atoms with E-state index in [9.17, 15) is 9.90 Å². The van der Waals surface area contributed by atoms with Crippen LogP contribution in [0.3, 0.4) is 0 Å². The molecule has 4 unspecified atom stereocenters. The first kappa shape index (κ1) is 30.8. The lowest BCUT2D eigenvalue weighted by Crippen LogP contribution is -2.38. The Bertz CT molecular complexity index is 1470. The van der Waals surface area contributed by atoms with Crippen LogP contribution in [0.4, 0.5) is 0 Å². The van der Waals surface area contributed by atoms with Gasteiger partial charge in [0.05, 0.1) is 18.8 Å². The van der Waals surface area contributed by atoms with Crippen molar-refractivity contribution in [3.63, 3.8) is 0 Å². The maximum atomic E-state index is 11.9. The van der Waals surface area contributed by atoms with Crippen molar-refractivity contribution in [2.24, 2.45) is 5.92 Å². The molecule has 4 atom stereocenters. The van der Waals surface area contributed by atoms with Crippen LogP contribution in [0.15, 0.2) is 84.3 Å². The van der Waals surface area contributed by atoms with Crippen molar-refractivity contribution in [3.05, 3.63) is 101 Å². The number of rotatable bonds is 9. The summed E-state index contributed by atoms with van der Waals surface area (Å²) in [5, 5.41) is 19.7. The van der Waals surface area contributed by atoms with Gasteiger partial charge in [0.2, 0.25) is 0 Å². The summed E-state index contributed by atoms with van der Waals surface area (Å²) in [6, 6.07) is 23.6. The van der Waals surface area contributed by atoms with Gasteiger partial charge in [0, 0.05) is 23.8 Å². The predicted octanol–water partition coefficient (Wildman–Crippen LogP) is 6.53. The summed E-state index contributed by atoms with van der Waals surface area (Å²) in [7, 11) is 0. The zero-order valence-corrected chi connectivity index (χ0v) is 25.6. The molecule has 3 N–H and O–H groups in total. The fourth-order valence-corrected chi connectivity index (χ4v) is 5.85. The quantitative estimate of drug-likeness (QED) is 0.140. The number of carbonyl (C=O) groups is 1. The van der Waals surface area contributed by atoms with Gasteiger partial charge >= 0.3 is 0 Å². The number of thioether (sulfide) groups is 1. The molecule has 1 amide bonds. The molecule has 12 heteroatoms. The minimum absolute atomic E-state index is 0.0115. The Labute approximate surface area is 263 Å². The largest absolute Gasteiger partial charge is 0.392 e. The first-order chi connectivity index (χ1) is 20.2. The highest BCUT2D eigenvalue weighted by molar-refractivity contribution is 7.99. The summed E-state index contributed by atoms with van der Waals surface area (Å²) < 4.78 is 11.1. The van der Waals surface area contributed by atoms with Crippen LogP contribution in [-0.4, -0.2) is 41.8 Å². The number of halogens is 3. The number of aliphatic hydroxyl groups is 1. The average Bonchev–Trinajstić information content (AvgIpc) is 3.53. The molecule has 42 heavy (non-hydrogen) atoms. The van der Waals surface area contributed by atoms with E-state index in [2.05, 4.69) is 27.4 Å². The minimum Gasteiger partial charge on any atom is -0.392 e. The van der Waals surface area contributed by atoms with Crippen molar-refractivity contribution >= 4 is 52.5 Å². The number of carbonyl (C=O) groups excluding carboxylic acids is 1. The molecule has 220 valence electrons. The number of aromatic nitrogens is 3. The summed E-state index contributed by atoms with van der Waals surface area (Å²) in [5.74, 6) is 0.0474. The van der Waals surface area contributed by atoms with Gasteiger partial charge in [0.25, 0.3) is 9.70 Å². The van der Waals surface area contributed by atoms with Crippen molar-refractivity contribution in [2.75, 3.05) is 5.75 Å². The summed E-state index contributed by atoms with van der Waals surface area (Å²) in [6.45, 7) is 2.34. The van der Waals surface area contributed by atoms with Gasteiger partial charge in [0.15, 0.2) is 11.4 Å². The number of nitrogens with one attached hydrogen (secondary N) is 2. The Morgan fingerprint density at radius 1 is 1.00 bits per heavy atom. The van der Waals surface area contributed by atoms with Crippen LogP contribution in [0.5, 0.6) is 0 Å². The smallest absolute Gasteiger partial charge is 0.272 e. The molecule has 0 radical (unpaired) electrons. The van der Waals surface area contributed by atoms with Crippen LogP contribution in [0.25, 0.3) is 11.1 Å². The standard InChI is InChI=1S/C30H29Cl3N4O4S/c1-18-25(16-42-29-35-17-36-37-29)40-27(41-26(18)22-7-5-19(15-38)6-8-22)23-11-9-21(10-12-23)24-4-2-3-20(13-24)14-34-28(39)30(31,32)33/h2-13,17-18,25-27,38H,14-16H2,1H3,(H,34,39)(H,35,36,37). The molecule has 5 rings (SSSR count). The summed E-state index contributed by atoms with van der Waals surface area (Å²) >= 11 is 18.5. The van der Waals surface area contributed by atoms with Crippen molar-refractivity contribution in [1.82, 2.24) is 20.5 Å². The Morgan fingerprint density at radius 2 is 1.74 bits per heavy atom. The topological polar surface area (TPSA) is 109 Å². The maximum Gasteiger partial charge on any atom is 0.272 e. The van der Waals surface area contributed by atoms with E-state index in [0.29, 0.717) is 5.75 Å². The van der Waals surface area contributed by atoms with Gasteiger partial charge in [-0.25, -0.2) is 4.98 Å². The molecule has 4 aromatic rings. The highest BCUT2D eigenvalue weighted by atomic mass is 35.6. The van der Waals surface area contributed by atoms with Gasteiger partial charge in [-0.1, -0.05) is 120 Å². The number of nitrogens with zero attached hydrogens (tertiary/aromatic N) is 2. The zero-order chi connectivity index (χ0) is 29.7. The van der Waals surface area contributed by atoms with Crippen molar-refractivity contribution in [2.45, 2.75) is 47.5 Å². The lowest BCUT2D eigenvalue weighted by Gasteiger charge is -2.41. The third-order valence-corrected chi connectivity index (χ3v) is 8.53. The van der Waals surface area contributed by atoms with Gasteiger partial charge < -0.3 is 19.9 Å². The number of hydrogen-bond acceptors (Lipinski definition) is 7. The van der Waals surface area contributed by atoms with E-state index in [1.807, 2.05) is 72.8 Å². The summed E-state index contributed by atoms with van der Waals surface area (Å²) in [6.07, 6.45) is 0.570. The van der Waals surface area contributed by atoms with Crippen molar-refractivity contribution < 1.29 is 19.4 Å². The van der Waals surface area contributed by atoms with E-state index in [0.717, 1.165) is 38.5 Å². The first-order valence-electron chi connectivity index (χ1n) is 13.2. The molecular weight excluding hydrogens is 619 g/mol. The third kappa shape index (κ3) is 7.65. The van der Waals surface area contributed by atoms with E-state index >= 15 is 0 Å². The van der Waals surface area contributed by atoms with E-state index in [1.54, 1.807) is 11.8 Å². The molecule has 1 fully saturated rings. The monoisotopic (exact) mass is 646 g/mol. The van der Waals surface area contributed by atoms with Gasteiger partial charge in [-0.05, 0) is 33.9 Å². The Kier molecular flexibility index (Phi) is 10.1. The van der Waals surface area contributed by atoms with Gasteiger partial charge in [-0.2, -0.15) is 5.10 Å². The van der Waals surface area contributed by atoms with E-state index < -0.39 is 16.0 Å². The molecule has 0 aliphatic carbocycles. The number of amides is 1. The van der Waals surface area contributed by atoms with Gasteiger partial charge in [-0.3, -0.25) is 9.89 Å². The Balaban J connectivity index is 1.33. The molecule has 1 aliphatic heterocycles. The molecule has 0 spiro atoms. The number of H-pyrrole nitrogens is 1. The Hall–Kier alpha value is -2.63. The molecule has 1 saturated heterocycles. The molecule has 2 heterocycles. The van der Waals surface area contributed by atoms with Crippen LogP contribution < -0.4 is 5.32 Å². The average molecular weight is 648 g/mol. The number of hydrogen-bond donors (Lipinski definition) is 3. The maximum absolute atomic E-state index is 11.9. The second-order valence-electron chi connectivity index (χ2n) is 9.93. The number of benzene rings is 3. The number of alkyl halides is 3. The number of aliphatic hydroxyl groups excluding tert-OH is 1. The fourth-order valence-electron chi connectivity index (χ4n) is 4.71. The number of ether oxygens (including phenoxy) is 2. The second-order valence-corrected chi connectivity index (χ2v) is 13.2.